The second-order valence-electron chi connectivity index (χ2n) is 6.39. The fourth-order valence-electron chi connectivity index (χ4n) is 3.98. The molecule has 1 N–H and O–H groups in total. The standard InChI is InChI=1S/C17H21NO/c1-13-6-10-17(19,11-7-13)16(12-18)9-8-14-4-2-3-5-15(14)16/h2-5,13,19H,6-11H2,1H3. The number of hydrogen-bond acceptors (Lipinski definition) is 2. The van der Waals surface area contributed by atoms with Crippen molar-refractivity contribution in [3.05, 3.63) is 35.4 Å². The van der Waals surface area contributed by atoms with Gasteiger partial charge in [-0.1, -0.05) is 31.2 Å². The quantitative estimate of drug-likeness (QED) is 0.836. The van der Waals surface area contributed by atoms with Crippen molar-refractivity contribution in [3.63, 3.8) is 0 Å². The van der Waals surface area contributed by atoms with E-state index >= 15 is 0 Å². The molecule has 1 aromatic rings. The molecule has 2 aliphatic carbocycles. The van der Waals surface area contributed by atoms with Crippen molar-refractivity contribution in [1.82, 2.24) is 0 Å². The summed E-state index contributed by atoms with van der Waals surface area (Å²) in [6.45, 7) is 2.24. The average Bonchev–Trinajstić information content (AvgIpc) is 2.83. The molecule has 2 nitrogen and oxygen atoms in total. The second kappa shape index (κ2) is 4.35. The van der Waals surface area contributed by atoms with Crippen LogP contribution in [-0.4, -0.2) is 10.7 Å². The first kappa shape index (κ1) is 12.7. The van der Waals surface area contributed by atoms with Crippen LogP contribution in [0.15, 0.2) is 24.3 Å². The maximum Gasteiger partial charge on any atom is 0.111 e. The molecule has 0 aromatic heterocycles. The zero-order valence-corrected chi connectivity index (χ0v) is 11.5. The lowest BCUT2D eigenvalue weighted by molar-refractivity contribution is -0.0563. The topological polar surface area (TPSA) is 44.0 Å². The monoisotopic (exact) mass is 255 g/mol. The minimum absolute atomic E-state index is 0.674. The lowest BCUT2D eigenvalue weighted by Gasteiger charge is -2.45. The van der Waals surface area contributed by atoms with Crippen molar-refractivity contribution in [2.75, 3.05) is 0 Å². The third kappa shape index (κ3) is 1.72. The minimum atomic E-state index is -0.832. The fourth-order valence-corrected chi connectivity index (χ4v) is 3.98. The van der Waals surface area contributed by atoms with Gasteiger partial charge in [-0.3, -0.25) is 0 Å². The smallest absolute Gasteiger partial charge is 0.111 e. The lowest BCUT2D eigenvalue weighted by Crippen LogP contribution is -2.51. The second-order valence-corrected chi connectivity index (χ2v) is 6.39. The zero-order chi connectivity index (χ0) is 13.5. The molecule has 0 saturated heterocycles. The zero-order valence-electron chi connectivity index (χ0n) is 11.5. The Labute approximate surface area is 115 Å². The number of aryl methyl sites for hydroxylation is 1. The van der Waals surface area contributed by atoms with Crippen LogP contribution in [0.25, 0.3) is 0 Å². The van der Waals surface area contributed by atoms with Crippen molar-refractivity contribution in [2.24, 2.45) is 5.92 Å². The molecular formula is C17H21NO. The van der Waals surface area contributed by atoms with Gasteiger partial charge in [-0.05, 0) is 55.6 Å². The third-order valence-corrected chi connectivity index (χ3v) is 5.33. The van der Waals surface area contributed by atoms with Crippen LogP contribution in [0.4, 0.5) is 0 Å². The highest BCUT2D eigenvalue weighted by Gasteiger charge is 2.55. The summed E-state index contributed by atoms with van der Waals surface area (Å²) in [5.41, 5.74) is 0.815. The molecule has 0 bridgehead atoms. The molecule has 1 saturated carbocycles. The van der Waals surface area contributed by atoms with Gasteiger partial charge in [0.15, 0.2) is 0 Å². The number of nitriles is 1. The largest absolute Gasteiger partial charge is 0.388 e. The third-order valence-electron chi connectivity index (χ3n) is 5.33. The molecule has 1 unspecified atom stereocenters. The van der Waals surface area contributed by atoms with E-state index in [1.807, 2.05) is 18.2 Å². The summed E-state index contributed by atoms with van der Waals surface area (Å²) >= 11 is 0. The van der Waals surface area contributed by atoms with Crippen LogP contribution in [0.2, 0.25) is 0 Å². The van der Waals surface area contributed by atoms with Crippen LogP contribution < -0.4 is 0 Å². The van der Waals surface area contributed by atoms with Crippen LogP contribution in [-0.2, 0) is 11.8 Å². The van der Waals surface area contributed by atoms with Gasteiger partial charge in [0.2, 0.25) is 0 Å². The Kier molecular flexibility index (Phi) is 2.91. The molecular weight excluding hydrogens is 234 g/mol. The highest BCUT2D eigenvalue weighted by molar-refractivity contribution is 5.47. The van der Waals surface area contributed by atoms with Gasteiger partial charge in [-0.15, -0.1) is 0 Å². The van der Waals surface area contributed by atoms with E-state index in [-0.39, 0.29) is 0 Å². The lowest BCUT2D eigenvalue weighted by atomic mass is 9.61. The van der Waals surface area contributed by atoms with Gasteiger partial charge < -0.3 is 5.11 Å². The molecule has 0 heterocycles. The summed E-state index contributed by atoms with van der Waals surface area (Å²) in [5.74, 6) is 0.674. The Bertz CT molecular complexity index is 522. The Hall–Kier alpha value is -1.33. The van der Waals surface area contributed by atoms with Crippen molar-refractivity contribution in [3.8, 4) is 6.07 Å². The molecule has 0 spiro atoms. The predicted octanol–water partition coefficient (Wildman–Crippen LogP) is 3.34. The van der Waals surface area contributed by atoms with Gasteiger partial charge in [0, 0.05) is 0 Å². The molecule has 2 aliphatic rings. The van der Waals surface area contributed by atoms with Crippen LogP contribution >= 0.6 is 0 Å². The summed E-state index contributed by atoms with van der Waals surface area (Å²) in [7, 11) is 0. The van der Waals surface area contributed by atoms with Crippen LogP contribution in [0, 0.1) is 17.2 Å². The van der Waals surface area contributed by atoms with Crippen LogP contribution in [0.1, 0.15) is 50.2 Å². The number of fused-ring (bicyclic) bond motifs is 1. The highest BCUT2D eigenvalue weighted by atomic mass is 16.3. The predicted molar refractivity (Wildman–Crippen MR) is 74.6 cm³/mol. The molecule has 1 aromatic carbocycles. The molecule has 0 aliphatic heterocycles. The summed E-state index contributed by atoms with van der Waals surface area (Å²) in [6.07, 6.45) is 5.27. The SMILES string of the molecule is CC1CCC(O)(C2(C#N)CCc3ccccc32)CC1. The Morgan fingerprint density at radius 1 is 1.21 bits per heavy atom. The van der Waals surface area contributed by atoms with E-state index in [4.69, 9.17) is 0 Å². The first-order valence-corrected chi connectivity index (χ1v) is 7.33. The summed E-state index contributed by atoms with van der Waals surface area (Å²) in [5, 5.41) is 21.0. The number of benzene rings is 1. The highest BCUT2D eigenvalue weighted by Crippen LogP contribution is 2.52. The Morgan fingerprint density at radius 2 is 1.89 bits per heavy atom. The van der Waals surface area contributed by atoms with E-state index in [0.29, 0.717) is 5.92 Å². The maximum absolute atomic E-state index is 11.2. The van der Waals surface area contributed by atoms with Crippen molar-refractivity contribution in [2.45, 2.75) is 56.5 Å². The van der Waals surface area contributed by atoms with Crippen LogP contribution in [0.3, 0.4) is 0 Å². The molecule has 100 valence electrons. The number of nitrogens with zero attached hydrogens (tertiary/aromatic N) is 1. The minimum Gasteiger partial charge on any atom is -0.388 e. The van der Waals surface area contributed by atoms with E-state index in [1.54, 1.807) is 0 Å². The molecule has 1 fully saturated rings. The van der Waals surface area contributed by atoms with E-state index in [2.05, 4.69) is 19.1 Å². The van der Waals surface area contributed by atoms with Crippen LogP contribution in [0.5, 0.6) is 0 Å². The molecule has 0 amide bonds. The molecule has 3 rings (SSSR count). The fraction of sp³-hybridized carbons (Fsp3) is 0.588. The molecule has 0 radical (unpaired) electrons. The maximum atomic E-state index is 11.2. The van der Waals surface area contributed by atoms with Gasteiger partial charge in [-0.25, -0.2) is 0 Å². The molecule has 2 heteroatoms. The first-order valence-electron chi connectivity index (χ1n) is 7.33. The average molecular weight is 255 g/mol. The summed E-state index contributed by atoms with van der Waals surface area (Å²) in [4.78, 5) is 0. The first-order chi connectivity index (χ1) is 9.11. The van der Waals surface area contributed by atoms with Gasteiger partial charge in [0.05, 0.1) is 11.7 Å². The number of rotatable bonds is 1. The number of aliphatic hydroxyl groups is 1. The Balaban J connectivity index is 2.04. The number of hydrogen-bond donors (Lipinski definition) is 1. The van der Waals surface area contributed by atoms with E-state index in [0.717, 1.165) is 44.1 Å². The summed E-state index contributed by atoms with van der Waals surface area (Å²) < 4.78 is 0. The Morgan fingerprint density at radius 3 is 2.58 bits per heavy atom. The van der Waals surface area contributed by atoms with Gasteiger partial charge in [-0.2, -0.15) is 5.26 Å². The summed E-state index contributed by atoms with van der Waals surface area (Å²) in [6, 6.07) is 10.7. The van der Waals surface area contributed by atoms with E-state index in [9.17, 15) is 10.4 Å². The van der Waals surface area contributed by atoms with Crippen molar-refractivity contribution < 1.29 is 5.11 Å². The van der Waals surface area contributed by atoms with E-state index in [1.165, 1.54) is 5.56 Å². The normalized spacial score (nSPS) is 37.6. The van der Waals surface area contributed by atoms with Gasteiger partial charge in [0.25, 0.3) is 0 Å². The van der Waals surface area contributed by atoms with Crippen molar-refractivity contribution >= 4 is 0 Å². The van der Waals surface area contributed by atoms with Gasteiger partial charge >= 0.3 is 0 Å². The molecule has 19 heavy (non-hydrogen) atoms. The van der Waals surface area contributed by atoms with Crippen molar-refractivity contribution in [1.29, 1.82) is 5.26 Å². The molecule has 1 atom stereocenters. The van der Waals surface area contributed by atoms with E-state index < -0.39 is 11.0 Å². The van der Waals surface area contributed by atoms with Gasteiger partial charge in [0.1, 0.15) is 5.41 Å².